The van der Waals surface area contributed by atoms with Crippen LogP contribution in [0.4, 0.5) is 8.78 Å². The highest BCUT2D eigenvalue weighted by Gasteiger charge is 2.47. The van der Waals surface area contributed by atoms with Crippen LogP contribution in [0.2, 0.25) is 0 Å². The first-order valence-corrected chi connectivity index (χ1v) is 6.57. The van der Waals surface area contributed by atoms with Gasteiger partial charge in [-0.2, -0.15) is 0 Å². The molecule has 0 aliphatic heterocycles. The molecule has 2 rings (SSSR count). The van der Waals surface area contributed by atoms with Gasteiger partial charge in [0.1, 0.15) is 0 Å². The molecule has 0 unspecified atom stereocenters. The Morgan fingerprint density at radius 1 is 1.11 bits per heavy atom. The summed E-state index contributed by atoms with van der Waals surface area (Å²) in [5.74, 6) is -3.10. The summed E-state index contributed by atoms with van der Waals surface area (Å²) in [6.07, 6.45) is 2.15. The molecule has 3 heteroatoms. The van der Waals surface area contributed by atoms with Crippen LogP contribution in [0.1, 0.15) is 44.2 Å². The fourth-order valence-corrected chi connectivity index (χ4v) is 2.33. The van der Waals surface area contributed by atoms with Crippen LogP contribution >= 0.6 is 0 Å². The number of nitrogens with two attached hydrogens (primary N) is 1. The molecule has 0 heterocycles. The van der Waals surface area contributed by atoms with Gasteiger partial charge in [-0.1, -0.05) is 38.1 Å². The monoisotopic (exact) mass is 253 g/mol. The lowest BCUT2D eigenvalue weighted by Gasteiger charge is -2.25. The summed E-state index contributed by atoms with van der Waals surface area (Å²) in [5, 5.41) is 0. The Bertz CT molecular complexity index is 405. The van der Waals surface area contributed by atoms with Crippen molar-refractivity contribution < 1.29 is 8.78 Å². The smallest absolute Gasteiger partial charge is 0.276 e. The van der Waals surface area contributed by atoms with E-state index in [2.05, 4.69) is 13.8 Å². The van der Waals surface area contributed by atoms with Gasteiger partial charge in [-0.3, -0.25) is 0 Å². The molecule has 0 bridgehead atoms. The first kappa shape index (κ1) is 13.5. The quantitative estimate of drug-likeness (QED) is 0.848. The van der Waals surface area contributed by atoms with E-state index in [1.807, 2.05) is 12.1 Å². The molecule has 1 aliphatic carbocycles. The van der Waals surface area contributed by atoms with Gasteiger partial charge in [-0.05, 0) is 36.8 Å². The maximum Gasteiger partial charge on any atom is 0.276 e. The van der Waals surface area contributed by atoms with Crippen LogP contribution in [-0.4, -0.2) is 6.54 Å². The number of hydrogen-bond donors (Lipinski definition) is 1. The van der Waals surface area contributed by atoms with Crippen molar-refractivity contribution >= 4 is 0 Å². The molecule has 0 saturated heterocycles. The molecule has 2 N–H and O–H groups in total. The lowest BCUT2D eigenvalue weighted by molar-refractivity contribution is -0.0285. The zero-order valence-electron chi connectivity index (χ0n) is 11.0. The topological polar surface area (TPSA) is 26.0 Å². The largest absolute Gasteiger partial charge is 0.330 e. The molecular formula is C15H21F2N. The van der Waals surface area contributed by atoms with E-state index in [0.717, 1.165) is 12.0 Å². The van der Waals surface area contributed by atoms with E-state index in [-0.39, 0.29) is 11.0 Å². The summed E-state index contributed by atoms with van der Waals surface area (Å²) in [4.78, 5) is 0. The standard InChI is InChI=1S/C15H21F2N/c1-14(2,9-10-18)11-3-5-12(6-4-11)15(16,17)13-7-8-13/h3-6,13H,7-10,18H2,1-2H3. The molecule has 100 valence electrons. The van der Waals surface area contributed by atoms with Crippen molar-refractivity contribution in [2.75, 3.05) is 6.54 Å². The van der Waals surface area contributed by atoms with Crippen molar-refractivity contribution in [2.24, 2.45) is 11.7 Å². The van der Waals surface area contributed by atoms with Crippen molar-refractivity contribution in [3.8, 4) is 0 Å². The Labute approximate surface area is 107 Å². The molecule has 1 aromatic carbocycles. The molecule has 1 saturated carbocycles. The molecule has 1 aromatic rings. The fraction of sp³-hybridized carbons (Fsp3) is 0.600. The lowest BCUT2D eigenvalue weighted by atomic mass is 9.81. The van der Waals surface area contributed by atoms with Gasteiger partial charge >= 0.3 is 0 Å². The summed E-state index contributed by atoms with van der Waals surface area (Å²) in [5.41, 5.74) is 6.75. The van der Waals surface area contributed by atoms with E-state index in [0.29, 0.717) is 19.4 Å². The van der Waals surface area contributed by atoms with E-state index in [1.54, 1.807) is 12.1 Å². The molecular weight excluding hydrogens is 232 g/mol. The number of alkyl halides is 2. The molecule has 1 fully saturated rings. The molecule has 0 aromatic heterocycles. The predicted octanol–water partition coefficient (Wildman–Crippen LogP) is 3.81. The van der Waals surface area contributed by atoms with E-state index < -0.39 is 11.8 Å². The Kier molecular flexibility index (Phi) is 3.45. The van der Waals surface area contributed by atoms with E-state index in [1.165, 1.54) is 0 Å². The van der Waals surface area contributed by atoms with E-state index >= 15 is 0 Å². The van der Waals surface area contributed by atoms with Crippen molar-refractivity contribution in [3.63, 3.8) is 0 Å². The predicted molar refractivity (Wildman–Crippen MR) is 69.8 cm³/mol. The van der Waals surface area contributed by atoms with E-state index in [4.69, 9.17) is 5.73 Å². The molecule has 0 atom stereocenters. The average molecular weight is 253 g/mol. The minimum absolute atomic E-state index is 0.0534. The second-order valence-electron chi connectivity index (χ2n) is 5.90. The maximum atomic E-state index is 13.9. The number of rotatable bonds is 5. The van der Waals surface area contributed by atoms with Crippen LogP contribution in [0.5, 0.6) is 0 Å². The second-order valence-corrected chi connectivity index (χ2v) is 5.90. The first-order valence-electron chi connectivity index (χ1n) is 6.57. The van der Waals surface area contributed by atoms with Crippen LogP contribution in [0, 0.1) is 5.92 Å². The Hall–Kier alpha value is -0.960. The van der Waals surface area contributed by atoms with Crippen LogP contribution < -0.4 is 5.73 Å². The Balaban J connectivity index is 2.19. The third kappa shape index (κ3) is 2.56. The maximum absolute atomic E-state index is 13.9. The van der Waals surface area contributed by atoms with Gasteiger partial charge in [0, 0.05) is 11.5 Å². The summed E-state index contributed by atoms with van der Waals surface area (Å²) < 4.78 is 27.8. The van der Waals surface area contributed by atoms with E-state index in [9.17, 15) is 8.78 Å². The van der Waals surface area contributed by atoms with Crippen molar-refractivity contribution in [1.82, 2.24) is 0 Å². The zero-order valence-corrected chi connectivity index (χ0v) is 11.0. The second kappa shape index (κ2) is 4.61. The highest BCUT2D eigenvalue weighted by molar-refractivity contribution is 5.31. The minimum atomic E-state index is -2.66. The highest BCUT2D eigenvalue weighted by atomic mass is 19.3. The third-order valence-corrected chi connectivity index (χ3v) is 3.91. The van der Waals surface area contributed by atoms with Crippen LogP contribution in [0.25, 0.3) is 0 Å². The van der Waals surface area contributed by atoms with Gasteiger partial charge in [-0.25, -0.2) is 8.78 Å². The SMILES string of the molecule is CC(C)(CCN)c1ccc(C(F)(F)C2CC2)cc1. The van der Waals surface area contributed by atoms with Crippen LogP contribution in [-0.2, 0) is 11.3 Å². The molecule has 0 amide bonds. The summed E-state index contributed by atoms with van der Waals surface area (Å²) in [6, 6.07) is 6.79. The summed E-state index contributed by atoms with van der Waals surface area (Å²) >= 11 is 0. The zero-order chi connectivity index (χ0) is 13.4. The number of benzene rings is 1. The van der Waals surface area contributed by atoms with Crippen molar-refractivity contribution in [1.29, 1.82) is 0 Å². The van der Waals surface area contributed by atoms with Crippen LogP contribution in [0.3, 0.4) is 0 Å². The summed E-state index contributed by atoms with van der Waals surface area (Å²) in [7, 11) is 0. The lowest BCUT2D eigenvalue weighted by Crippen LogP contribution is -2.22. The Morgan fingerprint density at radius 2 is 1.61 bits per heavy atom. The fourth-order valence-electron chi connectivity index (χ4n) is 2.33. The summed E-state index contributed by atoms with van der Waals surface area (Å²) in [6.45, 7) is 4.79. The first-order chi connectivity index (χ1) is 8.38. The van der Waals surface area contributed by atoms with Gasteiger partial charge in [-0.15, -0.1) is 0 Å². The molecule has 0 spiro atoms. The van der Waals surface area contributed by atoms with Gasteiger partial charge in [0.2, 0.25) is 0 Å². The third-order valence-electron chi connectivity index (χ3n) is 3.91. The number of halogens is 2. The van der Waals surface area contributed by atoms with Crippen molar-refractivity contribution in [3.05, 3.63) is 35.4 Å². The molecule has 1 aliphatic rings. The molecule has 1 nitrogen and oxygen atoms in total. The van der Waals surface area contributed by atoms with Gasteiger partial charge in [0.15, 0.2) is 0 Å². The normalized spacial score (nSPS) is 16.9. The van der Waals surface area contributed by atoms with Gasteiger partial charge in [0.25, 0.3) is 5.92 Å². The van der Waals surface area contributed by atoms with Crippen LogP contribution in [0.15, 0.2) is 24.3 Å². The van der Waals surface area contributed by atoms with Gasteiger partial charge in [0.05, 0.1) is 0 Å². The molecule has 18 heavy (non-hydrogen) atoms. The Morgan fingerprint density at radius 3 is 2.06 bits per heavy atom. The average Bonchev–Trinajstić information content (AvgIpc) is 3.13. The van der Waals surface area contributed by atoms with Gasteiger partial charge < -0.3 is 5.73 Å². The number of hydrogen-bond acceptors (Lipinski definition) is 1. The minimum Gasteiger partial charge on any atom is -0.330 e. The van der Waals surface area contributed by atoms with Crippen molar-refractivity contribution in [2.45, 2.75) is 44.4 Å². The molecule has 0 radical (unpaired) electrons. The highest BCUT2D eigenvalue weighted by Crippen LogP contribution is 2.49.